The highest BCUT2D eigenvalue weighted by atomic mass is 32.1. The number of aryl methyl sites for hydroxylation is 1. The molecule has 0 aliphatic heterocycles. The maximum atomic E-state index is 12.3. The first-order valence-electron chi connectivity index (χ1n) is 7.08. The third-order valence-corrected chi connectivity index (χ3v) is 4.27. The predicted molar refractivity (Wildman–Crippen MR) is 88.1 cm³/mol. The van der Waals surface area contributed by atoms with Gasteiger partial charge in [-0.3, -0.25) is 9.48 Å². The highest BCUT2D eigenvalue weighted by molar-refractivity contribution is 7.13. The first-order chi connectivity index (χ1) is 11.2. The zero-order valence-electron chi connectivity index (χ0n) is 12.5. The molecule has 23 heavy (non-hydrogen) atoms. The number of aliphatic hydroxyl groups is 1. The molecule has 0 aliphatic rings. The van der Waals surface area contributed by atoms with E-state index >= 15 is 0 Å². The number of aromatic nitrogens is 3. The number of nitrogens with one attached hydrogen (secondary N) is 1. The molecule has 118 valence electrons. The van der Waals surface area contributed by atoms with Crippen LogP contribution in [0.1, 0.15) is 22.1 Å². The largest absolute Gasteiger partial charge is 0.394 e. The maximum absolute atomic E-state index is 12.3. The number of benzene rings is 1. The summed E-state index contributed by atoms with van der Waals surface area (Å²) < 4.78 is 1.69. The molecule has 1 aromatic carbocycles. The SMILES string of the molecule is Cn1cc(-c2nc(C(=O)N[C@H](CO)c3ccccc3)cs2)cn1. The molecule has 0 bridgehead atoms. The number of hydrogen-bond donors (Lipinski definition) is 2. The number of hydrogen-bond acceptors (Lipinski definition) is 5. The predicted octanol–water partition coefficient (Wildman–Crippen LogP) is 2.01. The minimum Gasteiger partial charge on any atom is -0.394 e. The van der Waals surface area contributed by atoms with Gasteiger partial charge in [-0.25, -0.2) is 4.98 Å². The normalized spacial score (nSPS) is 12.1. The summed E-state index contributed by atoms with van der Waals surface area (Å²) in [7, 11) is 1.83. The number of nitrogens with zero attached hydrogens (tertiary/aromatic N) is 3. The standard InChI is InChI=1S/C16H16N4O2S/c1-20-8-12(7-17-20)16-19-14(10-23-16)15(22)18-13(9-21)11-5-3-2-4-6-11/h2-8,10,13,21H,9H2,1H3,(H,18,22)/t13-/m1/s1. The van der Waals surface area contributed by atoms with Crippen LogP contribution in [-0.4, -0.2) is 32.4 Å². The van der Waals surface area contributed by atoms with Gasteiger partial charge in [-0.1, -0.05) is 30.3 Å². The molecule has 3 aromatic rings. The molecule has 6 nitrogen and oxygen atoms in total. The van der Waals surface area contributed by atoms with Gasteiger partial charge in [0.25, 0.3) is 5.91 Å². The molecule has 0 spiro atoms. The van der Waals surface area contributed by atoms with E-state index < -0.39 is 6.04 Å². The number of amides is 1. The average molecular weight is 328 g/mol. The van der Waals surface area contributed by atoms with Gasteiger partial charge in [0.2, 0.25) is 0 Å². The topological polar surface area (TPSA) is 80.0 Å². The summed E-state index contributed by atoms with van der Waals surface area (Å²) in [5.41, 5.74) is 2.06. The van der Waals surface area contributed by atoms with Gasteiger partial charge in [0, 0.05) is 24.2 Å². The molecule has 0 fully saturated rings. The molecule has 0 unspecified atom stereocenters. The Bertz CT molecular complexity index is 797. The quantitative estimate of drug-likeness (QED) is 0.751. The van der Waals surface area contributed by atoms with E-state index in [1.165, 1.54) is 11.3 Å². The lowest BCUT2D eigenvalue weighted by Crippen LogP contribution is -2.30. The molecule has 2 N–H and O–H groups in total. The van der Waals surface area contributed by atoms with Crippen LogP contribution in [0.3, 0.4) is 0 Å². The van der Waals surface area contributed by atoms with E-state index in [4.69, 9.17) is 0 Å². The minimum absolute atomic E-state index is 0.171. The van der Waals surface area contributed by atoms with Gasteiger partial charge in [-0.05, 0) is 5.56 Å². The number of thiazole rings is 1. The lowest BCUT2D eigenvalue weighted by molar-refractivity contribution is 0.0912. The number of carbonyl (C=O) groups excluding carboxylic acids is 1. The molecule has 3 rings (SSSR count). The Morgan fingerprint density at radius 3 is 2.83 bits per heavy atom. The van der Waals surface area contributed by atoms with E-state index in [0.717, 1.165) is 16.1 Å². The number of rotatable bonds is 5. The molecule has 0 aliphatic carbocycles. The van der Waals surface area contributed by atoms with Crippen molar-refractivity contribution in [2.45, 2.75) is 6.04 Å². The Balaban J connectivity index is 1.74. The smallest absolute Gasteiger partial charge is 0.271 e. The van der Waals surface area contributed by atoms with Gasteiger partial charge < -0.3 is 10.4 Å². The Kier molecular flexibility index (Phi) is 4.50. The molecule has 1 amide bonds. The second-order valence-corrected chi connectivity index (χ2v) is 5.92. The van der Waals surface area contributed by atoms with Gasteiger partial charge >= 0.3 is 0 Å². The van der Waals surface area contributed by atoms with Crippen LogP contribution in [-0.2, 0) is 7.05 Å². The van der Waals surface area contributed by atoms with Crippen molar-refractivity contribution in [3.8, 4) is 10.6 Å². The van der Waals surface area contributed by atoms with Crippen LogP contribution in [0.5, 0.6) is 0 Å². The third-order valence-electron chi connectivity index (χ3n) is 3.38. The summed E-state index contributed by atoms with van der Waals surface area (Å²) >= 11 is 1.39. The van der Waals surface area contributed by atoms with Crippen molar-refractivity contribution in [3.05, 3.63) is 59.4 Å². The highest BCUT2D eigenvalue weighted by Gasteiger charge is 2.17. The fraction of sp³-hybridized carbons (Fsp3) is 0.188. The summed E-state index contributed by atoms with van der Waals surface area (Å²) in [6.45, 7) is -0.171. The van der Waals surface area contributed by atoms with Crippen LogP contribution in [0.2, 0.25) is 0 Å². The van der Waals surface area contributed by atoms with Crippen LogP contribution in [0.4, 0.5) is 0 Å². The van der Waals surface area contributed by atoms with Crippen molar-refractivity contribution >= 4 is 17.2 Å². The van der Waals surface area contributed by atoms with Crippen LogP contribution in [0.25, 0.3) is 10.6 Å². The number of aliphatic hydroxyl groups excluding tert-OH is 1. The minimum atomic E-state index is -0.452. The molecule has 0 saturated heterocycles. The van der Waals surface area contributed by atoms with Gasteiger partial charge in [-0.2, -0.15) is 5.10 Å². The second kappa shape index (κ2) is 6.72. The molecular weight excluding hydrogens is 312 g/mol. The van der Waals surface area contributed by atoms with E-state index in [1.807, 2.05) is 43.6 Å². The van der Waals surface area contributed by atoms with Crippen LogP contribution >= 0.6 is 11.3 Å². The van der Waals surface area contributed by atoms with Crippen molar-refractivity contribution < 1.29 is 9.90 Å². The fourth-order valence-electron chi connectivity index (χ4n) is 2.19. The second-order valence-electron chi connectivity index (χ2n) is 5.06. The van der Waals surface area contributed by atoms with Crippen molar-refractivity contribution in [1.29, 1.82) is 0 Å². The average Bonchev–Trinajstić information content (AvgIpc) is 3.22. The molecule has 0 radical (unpaired) electrons. The van der Waals surface area contributed by atoms with E-state index in [0.29, 0.717) is 5.69 Å². The van der Waals surface area contributed by atoms with Gasteiger partial charge in [-0.15, -0.1) is 11.3 Å². The maximum Gasteiger partial charge on any atom is 0.271 e. The summed E-state index contributed by atoms with van der Waals surface area (Å²) in [6.07, 6.45) is 3.56. The van der Waals surface area contributed by atoms with Crippen molar-refractivity contribution in [1.82, 2.24) is 20.1 Å². The van der Waals surface area contributed by atoms with Crippen LogP contribution in [0, 0.1) is 0 Å². The molecule has 7 heteroatoms. The lowest BCUT2D eigenvalue weighted by Gasteiger charge is -2.15. The fourth-order valence-corrected chi connectivity index (χ4v) is 2.97. The number of carbonyl (C=O) groups is 1. The highest BCUT2D eigenvalue weighted by Crippen LogP contribution is 2.23. The molecule has 2 aromatic heterocycles. The Hall–Kier alpha value is -2.51. The lowest BCUT2D eigenvalue weighted by atomic mass is 10.1. The first kappa shape index (κ1) is 15.4. The van der Waals surface area contributed by atoms with E-state index in [-0.39, 0.29) is 12.5 Å². The van der Waals surface area contributed by atoms with Gasteiger partial charge in [0.05, 0.1) is 18.8 Å². The molecule has 0 saturated carbocycles. The molecule has 2 heterocycles. The summed E-state index contributed by atoms with van der Waals surface area (Å²) in [5.74, 6) is -0.306. The van der Waals surface area contributed by atoms with Gasteiger partial charge in [0.1, 0.15) is 10.7 Å². The Labute approximate surface area is 137 Å². The summed E-state index contributed by atoms with van der Waals surface area (Å²) in [4.78, 5) is 16.7. The van der Waals surface area contributed by atoms with Crippen molar-refractivity contribution in [2.24, 2.45) is 7.05 Å². The summed E-state index contributed by atoms with van der Waals surface area (Å²) in [5, 5.41) is 18.9. The first-order valence-corrected chi connectivity index (χ1v) is 7.96. The monoisotopic (exact) mass is 328 g/mol. The van der Waals surface area contributed by atoms with E-state index in [1.54, 1.807) is 16.3 Å². The van der Waals surface area contributed by atoms with Crippen molar-refractivity contribution in [3.63, 3.8) is 0 Å². The van der Waals surface area contributed by atoms with Crippen LogP contribution in [0.15, 0.2) is 48.1 Å². The van der Waals surface area contributed by atoms with E-state index in [9.17, 15) is 9.90 Å². The zero-order valence-corrected chi connectivity index (χ0v) is 13.3. The molecular formula is C16H16N4O2S. The summed E-state index contributed by atoms with van der Waals surface area (Å²) in [6, 6.07) is 8.90. The van der Waals surface area contributed by atoms with Gasteiger partial charge in [0.15, 0.2) is 0 Å². The van der Waals surface area contributed by atoms with E-state index in [2.05, 4.69) is 15.4 Å². The molecule has 1 atom stereocenters. The van der Waals surface area contributed by atoms with Crippen LogP contribution < -0.4 is 5.32 Å². The Morgan fingerprint density at radius 2 is 2.17 bits per heavy atom. The third kappa shape index (κ3) is 3.46. The van der Waals surface area contributed by atoms with Crippen molar-refractivity contribution in [2.75, 3.05) is 6.61 Å². The Morgan fingerprint density at radius 1 is 1.39 bits per heavy atom. The zero-order chi connectivity index (χ0) is 16.2.